The second-order valence-electron chi connectivity index (χ2n) is 5.57. The van der Waals surface area contributed by atoms with Gasteiger partial charge in [-0.05, 0) is 50.1 Å². The van der Waals surface area contributed by atoms with Gasteiger partial charge in [0.05, 0.1) is 12.1 Å². The third-order valence-corrected chi connectivity index (χ3v) is 2.40. The monoisotopic (exact) mass is 306 g/mol. The SMILES string of the molecule is CC(C)(C)OC(=O)CNCc1cc(N=[N+]=[N-])cc(C(=O)O)c1. The Labute approximate surface area is 127 Å². The molecule has 0 amide bonds. The summed E-state index contributed by atoms with van der Waals surface area (Å²) in [5.74, 6) is -1.53. The van der Waals surface area contributed by atoms with Crippen LogP contribution in [-0.4, -0.2) is 29.2 Å². The highest BCUT2D eigenvalue weighted by Gasteiger charge is 2.15. The van der Waals surface area contributed by atoms with Crippen LogP contribution >= 0.6 is 0 Å². The summed E-state index contributed by atoms with van der Waals surface area (Å²) in [6.07, 6.45) is 0. The predicted octanol–water partition coefficient (Wildman–Crippen LogP) is 2.76. The van der Waals surface area contributed by atoms with Crippen molar-refractivity contribution in [2.75, 3.05) is 6.54 Å². The maximum absolute atomic E-state index is 11.5. The first kappa shape index (κ1) is 17.5. The first-order valence-corrected chi connectivity index (χ1v) is 6.56. The lowest BCUT2D eigenvalue weighted by Crippen LogP contribution is -2.31. The average molecular weight is 306 g/mol. The number of benzene rings is 1. The molecule has 0 saturated carbocycles. The van der Waals surface area contributed by atoms with E-state index >= 15 is 0 Å². The van der Waals surface area contributed by atoms with E-state index in [2.05, 4.69) is 15.3 Å². The molecule has 8 heteroatoms. The Morgan fingerprint density at radius 2 is 2.05 bits per heavy atom. The molecule has 0 saturated heterocycles. The minimum absolute atomic E-state index is 0.00851. The predicted molar refractivity (Wildman–Crippen MR) is 79.8 cm³/mol. The molecule has 0 aliphatic rings. The molecule has 0 heterocycles. The molecule has 0 radical (unpaired) electrons. The molecule has 0 spiro atoms. The largest absolute Gasteiger partial charge is 0.478 e. The molecular weight excluding hydrogens is 288 g/mol. The quantitative estimate of drug-likeness (QED) is 0.362. The van der Waals surface area contributed by atoms with Gasteiger partial charge in [-0.3, -0.25) is 4.79 Å². The van der Waals surface area contributed by atoms with Crippen LogP contribution in [0.5, 0.6) is 0 Å². The van der Waals surface area contributed by atoms with Crippen LogP contribution in [0.25, 0.3) is 10.4 Å². The summed E-state index contributed by atoms with van der Waals surface area (Å²) in [7, 11) is 0. The highest BCUT2D eigenvalue weighted by Crippen LogP contribution is 2.18. The van der Waals surface area contributed by atoms with E-state index in [1.165, 1.54) is 12.1 Å². The molecule has 0 unspecified atom stereocenters. The maximum Gasteiger partial charge on any atom is 0.335 e. The zero-order valence-corrected chi connectivity index (χ0v) is 12.7. The summed E-state index contributed by atoms with van der Waals surface area (Å²) in [4.78, 5) is 25.2. The van der Waals surface area contributed by atoms with Crippen molar-refractivity contribution in [1.29, 1.82) is 0 Å². The minimum Gasteiger partial charge on any atom is -0.478 e. The zero-order valence-electron chi connectivity index (χ0n) is 12.7. The Morgan fingerprint density at radius 3 is 2.59 bits per heavy atom. The highest BCUT2D eigenvalue weighted by molar-refractivity contribution is 5.89. The Balaban J connectivity index is 2.71. The van der Waals surface area contributed by atoms with Crippen molar-refractivity contribution in [3.63, 3.8) is 0 Å². The van der Waals surface area contributed by atoms with Crippen LogP contribution in [-0.2, 0) is 16.1 Å². The minimum atomic E-state index is -1.12. The number of hydrogen-bond acceptors (Lipinski definition) is 5. The Hall–Kier alpha value is -2.57. The average Bonchev–Trinajstić information content (AvgIpc) is 2.36. The van der Waals surface area contributed by atoms with Gasteiger partial charge in [-0.2, -0.15) is 0 Å². The number of carbonyl (C=O) groups excluding carboxylic acids is 1. The van der Waals surface area contributed by atoms with E-state index in [0.717, 1.165) is 0 Å². The standard InChI is InChI=1S/C14H18N4O4/c1-14(2,3)22-12(19)8-16-7-9-4-10(13(20)21)6-11(5-9)17-18-15/h4-6,16H,7-8H2,1-3H3,(H,20,21). The lowest BCUT2D eigenvalue weighted by Gasteiger charge is -2.19. The fraction of sp³-hybridized carbons (Fsp3) is 0.429. The van der Waals surface area contributed by atoms with Gasteiger partial charge in [-0.15, -0.1) is 0 Å². The lowest BCUT2D eigenvalue weighted by atomic mass is 10.1. The van der Waals surface area contributed by atoms with Gasteiger partial charge in [0.2, 0.25) is 0 Å². The van der Waals surface area contributed by atoms with E-state index in [1.54, 1.807) is 26.8 Å². The Kier molecular flexibility index (Phi) is 5.91. The van der Waals surface area contributed by atoms with Crippen molar-refractivity contribution in [3.8, 4) is 0 Å². The molecule has 8 nitrogen and oxygen atoms in total. The molecule has 2 N–H and O–H groups in total. The summed E-state index contributed by atoms with van der Waals surface area (Å²) < 4.78 is 5.14. The van der Waals surface area contributed by atoms with Crippen molar-refractivity contribution >= 4 is 17.6 Å². The first-order chi connectivity index (χ1) is 10.2. The molecule has 1 aromatic carbocycles. The van der Waals surface area contributed by atoms with E-state index in [0.29, 0.717) is 5.56 Å². The third kappa shape index (κ3) is 6.25. The summed E-state index contributed by atoms with van der Waals surface area (Å²) in [5, 5.41) is 15.3. The summed E-state index contributed by atoms with van der Waals surface area (Å²) >= 11 is 0. The van der Waals surface area contributed by atoms with Crippen molar-refractivity contribution in [1.82, 2.24) is 5.32 Å². The van der Waals surface area contributed by atoms with Crippen molar-refractivity contribution in [2.24, 2.45) is 5.11 Å². The van der Waals surface area contributed by atoms with Crippen molar-refractivity contribution < 1.29 is 19.4 Å². The number of nitrogens with one attached hydrogen (secondary N) is 1. The smallest absolute Gasteiger partial charge is 0.335 e. The van der Waals surface area contributed by atoms with Crippen molar-refractivity contribution in [2.45, 2.75) is 32.9 Å². The second-order valence-corrected chi connectivity index (χ2v) is 5.57. The lowest BCUT2D eigenvalue weighted by molar-refractivity contribution is -0.153. The van der Waals surface area contributed by atoms with E-state index < -0.39 is 17.5 Å². The number of rotatable bonds is 6. The topological polar surface area (TPSA) is 124 Å². The number of aromatic carboxylic acids is 1. The Morgan fingerprint density at radius 1 is 1.36 bits per heavy atom. The maximum atomic E-state index is 11.5. The molecule has 0 fully saturated rings. The van der Waals surface area contributed by atoms with E-state index in [1.807, 2.05) is 0 Å². The number of hydrogen-bond donors (Lipinski definition) is 2. The van der Waals surface area contributed by atoms with Crippen LogP contribution < -0.4 is 5.32 Å². The molecule has 0 bridgehead atoms. The molecule has 1 aromatic rings. The zero-order chi connectivity index (χ0) is 16.8. The fourth-order valence-electron chi connectivity index (χ4n) is 1.70. The van der Waals surface area contributed by atoms with Gasteiger partial charge in [0.15, 0.2) is 0 Å². The molecule has 1 rings (SSSR count). The summed E-state index contributed by atoms with van der Waals surface area (Å²) in [6, 6.07) is 4.27. The van der Waals surface area contributed by atoms with Crippen LogP contribution in [0.3, 0.4) is 0 Å². The van der Waals surface area contributed by atoms with Gasteiger partial charge in [0.25, 0.3) is 0 Å². The van der Waals surface area contributed by atoms with Gasteiger partial charge in [0, 0.05) is 17.1 Å². The first-order valence-electron chi connectivity index (χ1n) is 6.56. The molecule has 0 aliphatic carbocycles. The van der Waals surface area contributed by atoms with E-state index in [4.69, 9.17) is 15.4 Å². The number of esters is 1. The van der Waals surface area contributed by atoms with Crippen molar-refractivity contribution in [3.05, 3.63) is 39.8 Å². The van der Waals surface area contributed by atoms with Crippen LogP contribution in [0.2, 0.25) is 0 Å². The third-order valence-electron chi connectivity index (χ3n) is 2.40. The second kappa shape index (κ2) is 7.44. The number of carboxylic acid groups (broad SMARTS) is 1. The van der Waals surface area contributed by atoms with Gasteiger partial charge in [0.1, 0.15) is 5.60 Å². The molecule has 0 atom stereocenters. The molecular formula is C14H18N4O4. The molecule has 118 valence electrons. The summed E-state index contributed by atoms with van der Waals surface area (Å²) in [5.41, 5.74) is 8.68. The normalized spacial score (nSPS) is 10.7. The number of nitrogens with zero attached hydrogens (tertiary/aromatic N) is 3. The van der Waals surface area contributed by atoms with Crippen LogP contribution in [0.1, 0.15) is 36.7 Å². The number of carbonyl (C=O) groups is 2. The summed E-state index contributed by atoms with van der Waals surface area (Å²) in [6.45, 7) is 5.55. The van der Waals surface area contributed by atoms with Gasteiger partial charge < -0.3 is 15.2 Å². The van der Waals surface area contributed by atoms with Gasteiger partial charge >= 0.3 is 11.9 Å². The number of ether oxygens (including phenoxy) is 1. The molecule has 0 aromatic heterocycles. The molecule has 0 aliphatic heterocycles. The molecule has 22 heavy (non-hydrogen) atoms. The van der Waals surface area contributed by atoms with Gasteiger partial charge in [-0.1, -0.05) is 5.11 Å². The highest BCUT2D eigenvalue weighted by atomic mass is 16.6. The van der Waals surface area contributed by atoms with Crippen LogP contribution in [0, 0.1) is 0 Å². The number of azide groups is 1. The van der Waals surface area contributed by atoms with E-state index in [9.17, 15) is 9.59 Å². The van der Waals surface area contributed by atoms with Crippen LogP contribution in [0.15, 0.2) is 23.3 Å². The Bertz CT molecular complexity index is 596. The van der Waals surface area contributed by atoms with Gasteiger partial charge in [-0.25, -0.2) is 4.79 Å². The fourth-order valence-corrected chi connectivity index (χ4v) is 1.70. The van der Waals surface area contributed by atoms with E-state index in [-0.39, 0.29) is 24.3 Å². The van der Waals surface area contributed by atoms with Crippen LogP contribution in [0.4, 0.5) is 5.69 Å². The number of carboxylic acids is 1.